The van der Waals surface area contributed by atoms with Crippen molar-refractivity contribution >= 4 is 28.6 Å². The summed E-state index contributed by atoms with van der Waals surface area (Å²) in [6, 6.07) is 16.4. The fourth-order valence-corrected chi connectivity index (χ4v) is 5.66. The summed E-state index contributed by atoms with van der Waals surface area (Å²) in [5.74, 6) is -0.178. The van der Waals surface area contributed by atoms with Gasteiger partial charge in [-0.1, -0.05) is 6.07 Å². The average Bonchev–Trinajstić information content (AvgIpc) is 3.50. The molecule has 1 saturated heterocycles. The van der Waals surface area contributed by atoms with Crippen LogP contribution in [0.25, 0.3) is 10.9 Å². The van der Waals surface area contributed by atoms with E-state index < -0.39 is 23.9 Å². The van der Waals surface area contributed by atoms with Crippen molar-refractivity contribution in [2.75, 3.05) is 26.8 Å². The topological polar surface area (TPSA) is 122 Å². The second-order valence-electron chi connectivity index (χ2n) is 11.0. The summed E-state index contributed by atoms with van der Waals surface area (Å²) in [6.07, 6.45) is 2.29. The zero-order chi connectivity index (χ0) is 30.6. The normalized spacial score (nSPS) is 19.4. The maximum atomic E-state index is 14.6. The lowest BCUT2D eigenvalue weighted by molar-refractivity contribution is -0.125. The quantitative estimate of drug-likeness (QED) is 0.323. The number of nitrogens with zero attached hydrogens (tertiary/aromatic N) is 1. The minimum atomic E-state index is -0.613. The van der Waals surface area contributed by atoms with Crippen molar-refractivity contribution in [2.45, 2.75) is 38.0 Å². The number of aromatic amines is 1. The van der Waals surface area contributed by atoms with Crippen molar-refractivity contribution in [3.8, 4) is 17.2 Å². The van der Waals surface area contributed by atoms with Crippen molar-refractivity contribution in [1.29, 1.82) is 0 Å². The van der Waals surface area contributed by atoms with Crippen LogP contribution in [-0.2, 0) is 22.6 Å². The molecule has 0 spiro atoms. The van der Waals surface area contributed by atoms with E-state index in [1.165, 1.54) is 19.2 Å². The zero-order valence-corrected chi connectivity index (χ0v) is 24.2. The molecule has 4 bridgehead atoms. The highest BCUT2D eigenvalue weighted by molar-refractivity contribution is 5.98. The summed E-state index contributed by atoms with van der Waals surface area (Å²) in [5, 5.41) is 6.74. The molecule has 2 atom stereocenters. The summed E-state index contributed by atoms with van der Waals surface area (Å²) in [4.78, 5) is 44.1. The van der Waals surface area contributed by atoms with Crippen LogP contribution < -0.4 is 24.8 Å². The number of carbonyl (C=O) groups excluding carboxylic acids is 3. The second kappa shape index (κ2) is 12.7. The molecule has 0 radical (unpaired) electrons. The Hall–Kier alpha value is -5.06. The third-order valence-corrected chi connectivity index (χ3v) is 7.92. The molecule has 0 saturated carbocycles. The molecule has 6 rings (SSSR count). The molecule has 11 heteroatoms. The summed E-state index contributed by atoms with van der Waals surface area (Å²) in [5.41, 5.74) is 2.84. The van der Waals surface area contributed by atoms with Gasteiger partial charge in [0.1, 0.15) is 17.7 Å². The molecule has 1 aromatic heterocycles. The van der Waals surface area contributed by atoms with Crippen LogP contribution in [0.2, 0.25) is 0 Å². The van der Waals surface area contributed by atoms with Crippen molar-refractivity contribution < 1.29 is 33.0 Å². The SMILES string of the molecule is COc1ccc2cc1OCC(=O)N[C@@H]1CN(C(=O)c3ccc4[nH]ccc4c3)CC[C@H]1Oc1cc(F)cc(c1)CNC(=O)CC2. The van der Waals surface area contributed by atoms with Crippen molar-refractivity contribution in [3.63, 3.8) is 0 Å². The summed E-state index contributed by atoms with van der Waals surface area (Å²) < 4.78 is 32.1. The minimum Gasteiger partial charge on any atom is -0.493 e. The van der Waals surface area contributed by atoms with Gasteiger partial charge in [-0.2, -0.15) is 0 Å². The van der Waals surface area contributed by atoms with Gasteiger partial charge >= 0.3 is 0 Å². The smallest absolute Gasteiger partial charge is 0.258 e. The largest absolute Gasteiger partial charge is 0.493 e. The van der Waals surface area contributed by atoms with Crippen LogP contribution in [0.1, 0.15) is 34.3 Å². The lowest BCUT2D eigenvalue weighted by Crippen LogP contribution is -2.58. The summed E-state index contributed by atoms with van der Waals surface area (Å²) in [7, 11) is 1.51. The number of fused-ring (bicyclic) bond motifs is 6. The number of ether oxygens (including phenoxy) is 3. The van der Waals surface area contributed by atoms with Gasteiger partial charge in [-0.25, -0.2) is 4.39 Å². The van der Waals surface area contributed by atoms with Gasteiger partial charge in [0.25, 0.3) is 11.8 Å². The number of hydrogen-bond donors (Lipinski definition) is 3. The van der Waals surface area contributed by atoms with E-state index in [-0.39, 0.29) is 43.7 Å². The highest BCUT2D eigenvalue weighted by Crippen LogP contribution is 2.29. The molecule has 1 fully saturated rings. The molecule has 3 aromatic carbocycles. The van der Waals surface area contributed by atoms with E-state index in [0.29, 0.717) is 42.0 Å². The van der Waals surface area contributed by atoms with E-state index in [1.54, 1.807) is 29.2 Å². The van der Waals surface area contributed by atoms with Crippen LogP contribution in [0, 0.1) is 5.82 Å². The van der Waals surface area contributed by atoms with Crippen molar-refractivity contribution in [1.82, 2.24) is 20.5 Å². The lowest BCUT2D eigenvalue weighted by Gasteiger charge is -2.39. The van der Waals surface area contributed by atoms with E-state index >= 15 is 0 Å². The molecule has 3 amide bonds. The van der Waals surface area contributed by atoms with Gasteiger partial charge in [0, 0.05) is 61.2 Å². The molecule has 10 nitrogen and oxygen atoms in total. The molecular formula is C33H33FN4O6. The average molecular weight is 601 g/mol. The van der Waals surface area contributed by atoms with Gasteiger partial charge < -0.3 is 34.7 Å². The highest BCUT2D eigenvalue weighted by Gasteiger charge is 2.35. The lowest BCUT2D eigenvalue weighted by atomic mass is 10.00. The van der Waals surface area contributed by atoms with Crippen molar-refractivity contribution in [3.05, 3.63) is 89.4 Å². The first-order valence-electron chi connectivity index (χ1n) is 14.5. The Morgan fingerprint density at radius 1 is 1.00 bits per heavy atom. The van der Waals surface area contributed by atoms with Gasteiger partial charge in [0.05, 0.1) is 13.2 Å². The van der Waals surface area contributed by atoms with Gasteiger partial charge in [0.2, 0.25) is 5.91 Å². The number of piperidine rings is 1. The summed E-state index contributed by atoms with van der Waals surface area (Å²) >= 11 is 0. The molecular weight excluding hydrogens is 567 g/mol. The van der Waals surface area contributed by atoms with Crippen LogP contribution in [0.4, 0.5) is 4.39 Å². The first-order valence-corrected chi connectivity index (χ1v) is 14.5. The number of hydrogen-bond acceptors (Lipinski definition) is 6. The number of likely N-dealkylation sites (tertiary alicyclic amines) is 1. The maximum Gasteiger partial charge on any atom is 0.258 e. The van der Waals surface area contributed by atoms with E-state index in [0.717, 1.165) is 16.5 Å². The highest BCUT2D eigenvalue weighted by atomic mass is 19.1. The van der Waals surface area contributed by atoms with E-state index in [1.807, 2.05) is 30.5 Å². The van der Waals surface area contributed by atoms with Crippen LogP contribution in [0.15, 0.2) is 66.9 Å². The molecule has 228 valence electrons. The third kappa shape index (κ3) is 6.61. The van der Waals surface area contributed by atoms with Crippen LogP contribution >= 0.6 is 0 Å². The number of nitrogens with one attached hydrogen (secondary N) is 3. The number of H-pyrrole nitrogens is 1. The number of benzene rings is 3. The van der Waals surface area contributed by atoms with Gasteiger partial charge in [0.15, 0.2) is 18.1 Å². The third-order valence-electron chi connectivity index (χ3n) is 7.92. The Morgan fingerprint density at radius 2 is 1.89 bits per heavy atom. The Balaban J connectivity index is 1.27. The van der Waals surface area contributed by atoms with E-state index in [9.17, 15) is 18.8 Å². The molecule has 2 aliphatic rings. The summed E-state index contributed by atoms with van der Waals surface area (Å²) in [6.45, 7) is 0.367. The first-order chi connectivity index (χ1) is 21.3. The Kier molecular flexibility index (Phi) is 8.36. The fourth-order valence-electron chi connectivity index (χ4n) is 5.66. The second-order valence-corrected chi connectivity index (χ2v) is 11.0. The minimum absolute atomic E-state index is 0.128. The van der Waals surface area contributed by atoms with Crippen LogP contribution in [0.3, 0.4) is 0 Å². The Bertz CT molecular complexity index is 1700. The number of rotatable bonds is 2. The number of aromatic nitrogens is 1. The number of halogens is 1. The number of carbonyl (C=O) groups is 3. The number of aryl methyl sites for hydroxylation is 1. The molecule has 4 aromatic rings. The monoisotopic (exact) mass is 600 g/mol. The van der Waals surface area contributed by atoms with Gasteiger partial charge in [-0.05, 0) is 66.1 Å². The fraction of sp³-hybridized carbons (Fsp3) is 0.303. The number of amides is 3. The number of methoxy groups -OCH3 is 1. The van der Waals surface area contributed by atoms with Crippen LogP contribution in [-0.4, -0.2) is 66.6 Å². The van der Waals surface area contributed by atoms with E-state index in [4.69, 9.17) is 14.2 Å². The Labute approximate surface area is 253 Å². The van der Waals surface area contributed by atoms with Gasteiger partial charge in [-0.3, -0.25) is 14.4 Å². The molecule has 0 aliphatic carbocycles. The molecule has 0 unspecified atom stereocenters. The predicted octanol–water partition coefficient (Wildman–Crippen LogP) is 3.74. The molecule has 3 heterocycles. The van der Waals surface area contributed by atoms with Gasteiger partial charge in [-0.15, -0.1) is 0 Å². The first kappa shape index (κ1) is 29.0. The molecule has 44 heavy (non-hydrogen) atoms. The van der Waals surface area contributed by atoms with E-state index in [2.05, 4.69) is 15.6 Å². The predicted molar refractivity (Wildman–Crippen MR) is 160 cm³/mol. The maximum absolute atomic E-state index is 14.6. The molecule has 3 N–H and O–H groups in total. The van der Waals surface area contributed by atoms with Crippen molar-refractivity contribution in [2.24, 2.45) is 0 Å². The van der Waals surface area contributed by atoms with Crippen LogP contribution in [0.5, 0.6) is 17.2 Å². The molecule has 2 aliphatic heterocycles. The standard InChI is InChI=1S/C33H33FN4O6/c1-42-29-6-2-20-3-7-31(39)36-17-21-12-24(34)16-25(13-21)44-28-9-11-38(18-27(28)37-32(40)19-43-30(29)14-20)33(41)23-4-5-26-22(15-23)8-10-35-26/h2,4-6,8,10,12-16,27-28,35H,3,7,9,11,17-19H2,1H3,(H,36,39)(H,37,40)/t27-,28-/m1/s1. The Morgan fingerprint density at radius 3 is 2.75 bits per heavy atom. The zero-order valence-electron chi connectivity index (χ0n) is 24.2.